The minimum Gasteiger partial charge on any atom is -0.497 e. The van der Waals surface area contributed by atoms with Crippen LogP contribution >= 0.6 is 0 Å². The maximum atomic E-state index is 12.8. The van der Waals surface area contributed by atoms with Gasteiger partial charge >= 0.3 is 0 Å². The van der Waals surface area contributed by atoms with Crippen molar-refractivity contribution < 1.29 is 14.3 Å². The molecule has 35 heavy (non-hydrogen) atoms. The molecule has 1 amide bonds. The van der Waals surface area contributed by atoms with Crippen LogP contribution in [0.5, 0.6) is 11.5 Å². The van der Waals surface area contributed by atoms with Gasteiger partial charge in [0.1, 0.15) is 23.0 Å². The second-order valence-corrected chi connectivity index (χ2v) is 8.53. The Hall–Kier alpha value is -3.82. The van der Waals surface area contributed by atoms with Crippen molar-refractivity contribution in [1.29, 1.82) is 0 Å². The number of nitrogens with zero attached hydrogens (tertiary/aromatic N) is 5. The molecule has 1 aliphatic rings. The van der Waals surface area contributed by atoms with E-state index in [1.165, 1.54) is 19.3 Å². The van der Waals surface area contributed by atoms with E-state index in [0.29, 0.717) is 41.9 Å². The van der Waals surface area contributed by atoms with E-state index in [1.54, 1.807) is 32.0 Å². The Morgan fingerprint density at radius 2 is 1.83 bits per heavy atom. The van der Waals surface area contributed by atoms with Gasteiger partial charge < -0.3 is 25.0 Å². The van der Waals surface area contributed by atoms with Gasteiger partial charge in [-0.25, -0.2) is 4.98 Å². The van der Waals surface area contributed by atoms with Gasteiger partial charge in [0.25, 0.3) is 5.91 Å². The monoisotopic (exact) mass is 479 g/mol. The third-order valence-corrected chi connectivity index (χ3v) is 6.01. The summed E-state index contributed by atoms with van der Waals surface area (Å²) in [6.07, 6.45) is 3.66. The normalized spacial score (nSPS) is 13.4. The number of carbonyl (C=O) groups is 1. The average molecular weight is 480 g/mol. The lowest BCUT2D eigenvalue weighted by molar-refractivity contribution is 0.0945. The van der Waals surface area contributed by atoms with Gasteiger partial charge in [-0.1, -0.05) is 0 Å². The van der Waals surface area contributed by atoms with E-state index in [4.69, 9.17) is 9.47 Å². The van der Waals surface area contributed by atoms with Crippen molar-refractivity contribution in [3.8, 4) is 22.8 Å². The zero-order valence-corrected chi connectivity index (χ0v) is 20.8. The first-order valence-electron chi connectivity index (χ1n) is 11.9. The van der Waals surface area contributed by atoms with Gasteiger partial charge in [-0.15, -0.1) is 0 Å². The predicted octanol–water partition coefficient (Wildman–Crippen LogP) is 3.03. The number of carbonyl (C=O) groups excluding carboxylic acids is 1. The Morgan fingerprint density at radius 1 is 1.03 bits per heavy atom. The first-order chi connectivity index (χ1) is 17.0. The highest BCUT2D eigenvalue weighted by Crippen LogP contribution is 2.33. The van der Waals surface area contributed by atoms with E-state index < -0.39 is 0 Å². The van der Waals surface area contributed by atoms with Crippen LogP contribution in [0.4, 0.5) is 11.8 Å². The minimum atomic E-state index is -0.214. The number of aryl methyl sites for hydroxylation is 2. The molecule has 0 unspecified atom stereocenters. The van der Waals surface area contributed by atoms with Crippen molar-refractivity contribution in [2.45, 2.75) is 26.2 Å². The maximum absolute atomic E-state index is 12.8. The third-order valence-electron chi connectivity index (χ3n) is 6.01. The van der Waals surface area contributed by atoms with Crippen molar-refractivity contribution in [3.63, 3.8) is 0 Å². The first kappa shape index (κ1) is 24.3. The fraction of sp³-hybridized carbons (Fsp3) is 0.440. The maximum Gasteiger partial charge on any atom is 0.269 e. The molecule has 3 aromatic rings. The van der Waals surface area contributed by atoms with Gasteiger partial charge in [0.15, 0.2) is 0 Å². The number of ether oxygens (including phenoxy) is 2. The lowest BCUT2D eigenvalue weighted by atomic mass is 10.1. The summed E-state index contributed by atoms with van der Waals surface area (Å²) in [6, 6.07) is 9.24. The van der Waals surface area contributed by atoms with Crippen LogP contribution in [-0.4, -0.2) is 66.1 Å². The molecule has 0 bridgehead atoms. The second-order valence-electron chi connectivity index (χ2n) is 8.53. The molecule has 2 N–H and O–H groups in total. The van der Waals surface area contributed by atoms with Crippen LogP contribution in [-0.2, 0) is 7.05 Å². The summed E-state index contributed by atoms with van der Waals surface area (Å²) in [6.45, 7) is 4.95. The van der Waals surface area contributed by atoms with Gasteiger partial charge in [0.05, 0.1) is 19.9 Å². The van der Waals surface area contributed by atoms with Crippen molar-refractivity contribution >= 4 is 17.7 Å². The summed E-state index contributed by atoms with van der Waals surface area (Å²) >= 11 is 0. The average Bonchev–Trinajstić information content (AvgIpc) is 3.27. The number of amides is 1. The number of aromatic nitrogens is 4. The molecular weight excluding hydrogens is 446 g/mol. The smallest absolute Gasteiger partial charge is 0.269 e. The molecule has 0 atom stereocenters. The quantitative estimate of drug-likeness (QED) is 0.451. The lowest BCUT2D eigenvalue weighted by Gasteiger charge is -2.28. The lowest BCUT2D eigenvalue weighted by Crippen LogP contribution is -2.31. The summed E-state index contributed by atoms with van der Waals surface area (Å²) in [5.74, 6) is 2.66. The van der Waals surface area contributed by atoms with E-state index in [2.05, 4.69) is 30.6 Å². The van der Waals surface area contributed by atoms with Gasteiger partial charge in [0, 0.05) is 50.6 Å². The van der Waals surface area contributed by atoms with E-state index in [9.17, 15) is 4.79 Å². The van der Waals surface area contributed by atoms with Crippen LogP contribution in [0.15, 0.2) is 30.3 Å². The molecule has 0 aliphatic carbocycles. The molecule has 2 aromatic heterocycles. The third kappa shape index (κ3) is 5.82. The number of rotatable bonds is 9. The van der Waals surface area contributed by atoms with Gasteiger partial charge in [-0.2, -0.15) is 10.1 Å². The van der Waals surface area contributed by atoms with E-state index in [-0.39, 0.29) is 5.91 Å². The SMILES string of the molecule is COc1ccc(OC)c(-c2cc(C(=O)NCCNc3nc(C)cc(N4CCCCC4)n3)n(C)n2)c1. The van der Waals surface area contributed by atoms with Crippen LogP contribution < -0.4 is 25.0 Å². The highest BCUT2D eigenvalue weighted by Gasteiger charge is 2.18. The van der Waals surface area contributed by atoms with E-state index >= 15 is 0 Å². The van der Waals surface area contributed by atoms with E-state index in [0.717, 1.165) is 30.2 Å². The van der Waals surface area contributed by atoms with Crippen LogP contribution in [0, 0.1) is 6.92 Å². The van der Waals surface area contributed by atoms with Gasteiger partial charge in [-0.05, 0) is 50.5 Å². The van der Waals surface area contributed by atoms with Crippen LogP contribution in [0.1, 0.15) is 35.4 Å². The molecule has 186 valence electrons. The molecule has 1 fully saturated rings. The number of benzene rings is 1. The standard InChI is InChI=1S/C25H33N7O3/c1-17-14-23(32-12-6-5-7-13-32)29-25(28-17)27-11-10-26-24(33)21-16-20(30-31(21)2)19-15-18(34-3)8-9-22(19)35-4/h8-9,14-16H,5-7,10-13H2,1-4H3,(H,26,33)(H,27,28,29). The number of nitrogens with one attached hydrogen (secondary N) is 2. The minimum absolute atomic E-state index is 0.214. The fourth-order valence-corrected chi connectivity index (χ4v) is 4.18. The molecule has 10 heteroatoms. The number of hydrogen-bond donors (Lipinski definition) is 2. The Bertz CT molecular complexity index is 1170. The van der Waals surface area contributed by atoms with Crippen LogP contribution in [0.2, 0.25) is 0 Å². The molecule has 4 rings (SSSR count). The highest BCUT2D eigenvalue weighted by molar-refractivity contribution is 5.94. The number of hydrogen-bond acceptors (Lipinski definition) is 8. The van der Waals surface area contributed by atoms with Gasteiger partial charge in [0.2, 0.25) is 5.95 Å². The summed E-state index contributed by atoms with van der Waals surface area (Å²) in [5.41, 5.74) is 2.75. The Labute approximate surface area is 205 Å². The molecule has 0 radical (unpaired) electrons. The zero-order valence-electron chi connectivity index (χ0n) is 20.8. The largest absolute Gasteiger partial charge is 0.497 e. The number of anilines is 2. The Kier molecular flexibility index (Phi) is 7.69. The molecule has 10 nitrogen and oxygen atoms in total. The van der Waals surface area contributed by atoms with Crippen molar-refractivity contribution in [3.05, 3.63) is 41.7 Å². The Morgan fingerprint density at radius 3 is 2.57 bits per heavy atom. The van der Waals surface area contributed by atoms with E-state index in [1.807, 2.05) is 31.2 Å². The van der Waals surface area contributed by atoms with Crippen molar-refractivity contribution in [2.24, 2.45) is 7.05 Å². The predicted molar refractivity (Wildman–Crippen MR) is 135 cm³/mol. The van der Waals surface area contributed by atoms with Gasteiger partial charge in [-0.3, -0.25) is 9.48 Å². The number of methoxy groups -OCH3 is 2. The fourth-order valence-electron chi connectivity index (χ4n) is 4.18. The molecule has 1 aliphatic heterocycles. The van der Waals surface area contributed by atoms with Crippen LogP contribution in [0.3, 0.4) is 0 Å². The molecule has 0 saturated carbocycles. The molecule has 0 spiro atoms. The molecule has 1 saturated heterocycles. The van der Waals surface area contributed by atoms with Crippen molar-refractivity contribution in [1.82, 2.24) is 25.1 Å². The topological polar surface area (TPSA) is 106 Å². The summed E-state index contributed by atoms with van der Waals surface area (Å²) in [7, 11) is 4.95. The zero-order chi connectivity index (χ0) is 24.8. The second kappa shape index (κ2) is 11.1. The first-order valence-corrected chi connectivity index (χ1v) is 11.9. The van der Waals surface area contributed by atoms with Crippen molar-refractivity contribution in [2.75, 3.05) is 50.6 Å². The molecule has 1 aromatic carbocycles. The summed E-state index contributed by atoms with van der Waals surface area (Å²) < 4.78 is 12.3. The molecule has 3 heterocycles. The number of piperidine rings is 1. The molecular formula is C25H33N7O3. The highest BCUT2D eigenvalue weighted by atomic mass is 16.5. The summed E-state index contributed by atoms with van der Waals surface area (Å²) in [4.78, 5) is 24.3. The van der Waals surface area contributed by atoms with Crippen LogP contribution in [0.25, 0.3) is 11.3 Å². The Balaban J connectivity index is 1.36. The summed E-state index contributed by atoms with van der Waals surface area (Å²) in [5, 5.41) is 10.7.